The summed E-state index contributed by atoms with van der Waals surface area (Å²) in [5.74, 6) is 0. The Kier molecular flexibility index (Phi) is 4.71. The molecule has 102 valence electrons. The van der Waals surface area contributed by atoms with Gasteiger partial charge in [-0.05, 0) is 38.5 Å². The highest BCUT2D eigenvalue weighted by Gasteiger charge is 2.06. The molecule has 0 aliphatic carbocycles. The topological polar surface area (TPSA) is 50.1 Å². The predicted molar refractivity (Wildman–Crippen MR) is 76.2 cm³/mol. The average Bonchev–Trinajstić information content (AvgIpc) is 2.85. The fraction of sp³-hybridized carbons (Fsp3) is 0.400. The number of aliphatic hydroxyl groups excluding tert-OH is 1. The molecule has 0 spiro atoms. The minimum absolute atomic E-state index is 0.274. The van der Waals surface area contributed by atoms with Crippen LogP contribution in [-0.2, 0) is 6.54 Å². The van der Waals surface area contributed by atoms with Gasteiger partial charge in [-0.1, -0.05) is 18.2 Å². The van der Waals surface area contributed by atoms with Crippen LogP contribution in [0.5, 0.6) is 0 Å². The van der Waals surface area contributed by atoms with Gasteiger partial charge in [-0.25, -0.2) is 4.68 Å². The summed E-state index contributed by atoms with van der Waals surface area (Å²) in [6.07, 6.45) is 2.44. The quantitative estimate of drug-likeness (QED) is 0.835. The van der Waals surface area contributed by atoms with E-state index in [0.29, 0.717) is 6.54 Å². The third kappa shape index (κ3) is 4.19. The molecule has 2 N–H and O–H groups in total. The van der Waals surface area contributed by atoms with Crippen molar-refractivity contribution in [1.82, 2.24) is 15.1 Å². The van der Waals surface area contributed by atoms with Gasteiger partial charge in [0, 0.05) is 18.8 Å². The Bertz CT molecular complexity index is 493. The van der Waals surface area contributed by atoms with Gasteiger partial charge in [-0.15, -0.1) is 0 Å². The molecule has 0 saturated heterocycles. The summed E-state index contributed by atoms with van der Waals surface area (Å²) >= 11 is 0. The molecule has 2 unspecified atom stereocenters. The Hall–Kier alpha value is -1.65. The maximum Gasteiger partial charge on any atom is 0.0766 e. The number of nitrogens with one attached hydrogen (secondary N) is 1. The monoisotopic (exact) mass is 259 g/mol. The van der Waals surface area contributed by atoms with Crippen molar-refractivity contribution >= 4 is 0 Å². The van der Waals surface area contributed by atoms with Crippen molar-refractivity contribution in [1.29, 1.82) is 0 Å². The first-order chi connectivity index (χ1) is 9.15. The normalized spacial score (nSPS) is 14.3. The van der Waals surface area contributed by atoms with Crippen molar-refractivity contribution in [2.75, 3.05) is 0 Å². The average molecular weight is 259 g/mol. The highest BCUT2D eigenvalue weighted by atomic mass is 16.3. The number of benzene rings is 1. The molecular weight excluding hydrogens is 238 g/mol. The van der Waals surface area contributed by atoms with Gasteiger partial charge in [-0.3, -0.25) is 0 Å². The van der Waals surface area contributed by atoms with E-state index in [1.807, 2.05) is 54.2 Å². The smallest absolute Gasteiger partial charge is 0.0766 e. The molecule has 0 radical (unpaired) electrons. The molecule has 2 atom stereocenters. The fourth-order valence-electron chi connectivity index (χ4n) is 2.05. The van der Waals surface area contributed by atoms with E-state index in [1.54, 1.807) is 0 Å². The van der Waals surface area contributed by atoms with Gasteiger partial charge in [0.2, 0.25) is 0 Å². The van der Waals surface area contributed by atoms with Crippen LogP contribution in [0.1, 0.15) is 26.0 Å². The number of aromatic nitrogens is 2. The van der Waals surface area contributed by atoms with Crippen LogP contribution in [0.25, 0.3) is 5.69 Å². The zero-order valence-corrected chi connectivity index (χ0v) is 11.5. The van der Waals surface area contributed by atoms with Crippen LogP contribution in [0.4, 0.5) is 0 Å². The molecule has 2 aromatic rings. The molecule has 19 heavy (non-hydrogen) atoms. The fourth-order valence-corrected chi connectivity index (χ4v) is 2.05. The molecule has 2 rings (SSSR count). The Balaban J connectivity index is 1.91. The number of rotatable bonds is 6. The molecule has 0 saturated carbocycles. The van der Waals surface area contributed by atoms with E-state index in [-0.39, 0.29) is 12.1 Å². The molecule has 0 aliphatic heterocycles. The van der Waals surface area contributed by atoms with Gasteiger partial charge in [0.15, 0.2) is 0 Å². The lowest BCUT2D eigenvalue weighted by atomic mass is 10.1. The number of hydrogen-bond donors (Lipinski definition) is 2. The summed E-state index contributed by atoms with van der Waals surface area (Å²) in [6, 6.07) is 12.3. The van der Waals surface area contributed by atoms with Crippen LogP contribution in [0, 0.1) is 0 Å². The Morgan fingerprint density at radius 1 is 1.21 bits per heavy atom. The Labute approximate surface area is 114 Å². The van der Waals surface area contributed by atoms with Crippen molar-refractivity contribution in [3.8, 4) is 5.69 Å². The van der Waals surface area contributed by atoms with E-state index in [9.17, 15) is 5.11 Å². The third-order valence-electron chi connectivity index (χ3n) is 2.99. The van der Waals surface area contributed by atoms with Crippen LogP contribution in [-0.4, -0.2) is 27.0 Å². The Morgan fingerprint density at radius 3 is 2.63 bits per heavy atom. The Morgan fingerprint density at radius 2 is 1.95 bits per heavy atom. The van der Waals surface area contributed by atoms with Gasteiger partial charge in [0.05, 0.1) is 17.5 Å². The van der Waals surface area contributed by atoms with E-state index in [4.69, 9.17) is 0 Å². The van der Waals surface area contributed by atoms with Gasteiger partial charge in [0.25, 0.3) is 0 Å². The second kappa shape index (κ2) is 6.50. The molecule has 1 heterocycles. The first-order valence-corrected chi connectivity index (χ1v) is 6.66. The number of hydrogen-bond acceptors (Lipinski definition) is 3. The summed E-state index contributed by atoms with van der Waals surface area (Å²) in [5.41, 5.74) is 2.06. The van der Waals surface area contributed by atoms with Gasteiger partial charge in [-0.2, -0.15) is 5.10 Å². The van der Waals surface area contributed by atoms with Crippen LogP contribution in [0.3, 0.4) is 0 Å². The SMILES string of the molecule is CC(O)CC(C)NCc1ccn(-c2ccccc2)n1. The first kappa shape index (κ1) is 13.8. The van der Waals surface area contributed by atoms with E-state index < -0.39 is 0 Å². The largest absolute Gasteiger partial charge is 0.393 e. The van der Waals surface area contributed by atoms with Gasteiger partial charge >= 0.3 is 0 Å². The number of nitrogens with zero attached hydrogens (tertiary/aromatic N) is 2. The van der Waals surface area contributed by atoms with Crippen molar-refractivity contribution in [2.45, 2.75) is 39.0 Å². The van der Waals surface area contributed by atoms with Crippen molar-refractivity contribution in [3.63, 3.8) is 0 Å². The molecule has 1 aromatic carbocycles. The lowest BCUT2D eigenvalue weighted by molar-refractivity contribution is 0.170. The highest BCUT2D eigenvalue weighted by Crippen LogP contribution is 2.07. The molecule has 0 amide bonds. The van der Waals surface area contributed by atoms with Crippen molar-refractivity contribution in [2.24, 2.45) is 0 Å². The number of para-hydroxylation sites is 1. The minimum atomic E-state index is -0.274. The molecule has 0 fully saturated rings. The lowest BCUT2D eigenvalue weighted by Gasteiger charge is -2.14. The zero-order valence-electron chi connectivity index (χ0n) is 11.5. The maximum absolute atomic E-state index is 9.31. The van der Waals surface area contributed by atoms with Crippen molar-refractivity contribution < 1.29 is 5.11 Å². The maximum atomic E-state index is 9.31. The molecule has 0 bridgehead atoms. The van der Waals surface area contributed by atoms with E-state index >= 15 is 0 Å². The van der Waals surface area contributed by atoms with Gasteiger partial charge < -0.3 is 10.4 Å². The van der Waals surface area contributed by atoms with Gasteiger partial charge in [0.1, 0.15) is 0 Å². The summed E-state index contributed by atoms with van der Waals surface area (Å²) in [6.45, 7) is 4.59. The first-order valence-electron chi connectivity index (χ1n) is 6.66. The van der Waals surface area contributed by atoms with Crippen LogP contribution < -0.4 is 5.32 Å². The summed E-state index contributed by atoms with van der Waals surface area (Å²) in [7, 11) is 0. The summed E-state index contributed by atoms with van der Waals surface area (Å²) < 4.78 is 1.87. The van der Waals surface area contributed by atoms with Crippen molar-refractivity contribution in [3.05, 3.63) is 48.3 Å². The second-order valence-electron chi connectivity index (χ2n) is 4.95. The summed E-state index contributed by atoms with van der Waals surface area (Å²) in [5, 5.41) is 17.2. The number of aliphatic hydroxyl groups is 1. The third-order valence-corrected chi connectivity index (χ3v) is 2.99. The second-order valence-corrected chi connectivity index (χ2v) is 4.95. The standard InChI is InChI=1S/C15H21N3O/c1-12(10-13(2)19)16-11-14-8-9-18(17-14)15-6-4-3-5-7-15/h3-9,12-13,16,19H,10-11H2,1-2H3. The highest BCUT2D eigenvalue weighted by molar-refractivity contribution is 5.30. The molecule has 1 aromatic heterocycles. The van der Waals surface area contributed by atoms with E-state index in [2.05, 4.69) is 17.3 Å². The zero-order chi connectivity index (χ0) is 13.7. The molecule has 4 nitrogen and oxygen atoms in total. The predicted octanol–water partition coefficient (Wildman–Crippen LogP) is 2.12. The minimum Gasteiger partial charge on any atom is -0.393 e. The van der Waals surface area contributed by atoms with Crippen LogP contribution >= 0.6 is 0 Å². The molecule has 4 heteroatoms. The van der Waals surface area contributed by atoms with Crippen LogP contribution in [0.2, 0.25) is 0 Å². The molecule has 0 aliphatic rings. The lowest BCUT2D eigenvalue weighted by Crippen LogP contribution is -2.28. The van der Waals surface area contributed by atoms with E-state index in [1.165, 1.54) is 0 Å². The summed E-state index contributed by atoms with van der Waals surface area (Å²) in [4.78, 5) is 0. The van der Waals surface area contributed by atoms with Crippen LogP contribution in [0.15, 0.2) is 42.6 Å². The van der Waals surface area contributed by atoms with E-state index in [0.717, 1.165) is 17.8 Å². The molecular formula is C15H21N3O.